The molecule has 1 fully saturated rings. The number of anilines is 1. The van der Waals surface area contributed by atoms with E-state index in [-0.39, 0.29) is 12.3 Å². The second-order valence-electron chi connectivity index (χ2n) is 8.32. The van der Waals surface area contributed by atoms with Gasteiger partial charge in [0.25, 0.3) is 10.0 Å². The summed E-state index contributed by atoms with van der Waals surface area (Å²) in [7, 11) is -3.43. The van der Waals surface area contributed by atoms with Crippen LogP contribution in [-0.4, -0.2) is 41.3 Å². The molecule has 7 nitrogen and oxygen atoms in total. The lowest BCUT2D eigenvalue weighted by atomic mass is 10.1. The Kier molecular flexibility index (Phi) is 5.88. The topological polar surface area (TPSA) is 84.3 Å². The first kappa shape index (κ1) is 21.4. The van der Waals surface area contributed by atoms with E-state index in [9.17, 15) is 13.2 Å². The maximum atomic E-state index is 12.7. The molecular formula is C23H26N4O3S2. The van der Waals surface area contributed by atoms with Gasteiger partial charge in [-0.3, -0.25) is 4.79 Å². The van der Waals surface area contributed by atoms with Crippen molar-refractivity contribution in [1.29, 1.82) is 0 Å². The maximum absolute atomic E-state index is 12.7. The number of aromatic nitrogens is 2. The van der Waals surface area contributed by atoms with Crippen LogP contribution in [0.5, 0.6) is 0 Å². The average Bonchev–Trinajstić information content (AvgIpc) is 3.55. The van der Waals surface area contributed by atoms with E-state index in [0.717, 1.165) is 42.1 Å². The zero-order chi connectivity index (χ0) is 22.1. The average molecular weight is 471 g/mol. The number of carbonyl (C=O) groups is 1. The highest BCUT2D eigenvalue weighted by Gasteiger charge is 2.28. The highest BCUT2D eigenvalue weighted by Crippen LogP contribution is 2.28. The first-order valence-electron chi connectivity index (χ1n) is 11.0. The number of sulfonamides is 1. The molecule has 0 radical (unpaired) electrons. The number of hydrogen-bond acceptors (Lipinski definition) is 5. The fourth-order valence-corrected chi connectivity index (χ4v) is 7.41. The number of amides is 1. The Bertz CT molecular complexity index is 1220. The van der Waals surface area contributed by atoms with Crippen molar-refractivity contribution < 1.29 is 13.2 Å². The Labute approximate surface area is 192 Å². The molecule has 9 heteroatoms. The SMILES string of the molecule is O=C(Cc1ccc(S(=O)(=O)N2CCCC2)s1)Nc1ccc(-c2ncc3n2CCCC3)cc1. The van der Waals surface area contributed by atoms with Crippen LogP contribution in [-0.2, 0) is 34.2 Å². The molecule has 2 aromatic heterocycles. The minimum absolute atomic E-state index is 0.149. The van der Waals surface area contributed by atoms with Crippen molar-refractivity contribution in [2.75, 3.05) is 18.4 Å². The number of imidazole rings is 1. The molecule has 2 aliphatic rings. The Balaban J connectivity index is 1.22. The number of hydrogen-bond donors (Lipinski definition) is 1. The Morgan fingerprint density at radius 3 is 2.53 bits per heavy atom. The molecule has 2 aliphatic heterocycles. The van der Waals surface area contributed by atoms with Crippen molar-refractivity contribution in [2.45, 2.75) is 49.3 Å². The first-order chi connectivity index (χ1) is 15.5. The highest BCUT2D eigenvalue weighted by atomic mass is 32.2. The molecule has 0 unspecified atom stereocenters. The summed E-state index contributed by atoms with van der Waals surface area (Å²) in [6, 6.07) is 11.1. The van der Waals surface area contributed by atoms with Crippen molar-refractivity contribution in [2.24, 2.45) is 0 Å². The molecule has 1 aromatic carbocycles. The van der Waals surface area contributed by atoms with Crippen molar-refractivity contribution in [3.63, 3.8) is 0 Å². The maximum Gasteiger partial charge on any atom is 0.252 e. The molecule has 1 amide bonds. The van der Waals surface area contributed by atoms with Crippen molar-refractivity contribution in [1.82, 2.24) is 13.9 Å². The van der Waals surface area contributed by atoms with E-state index >= 15 is 0 Å². The molecule has 168 valence electrons. The van der Waals surface area contributed by atoms with Crippen LogP contribution in [0.25, 0.3) is 11.4 Å². The summed E-state index contributed by atoms with van der Waals surface area (Å²) >= 11 is 1.18. The van der Waals surface area contributed by atoms with Crippen LogP contribution in [0.15, 0.2) is 46.8 Å². The van der Waals surface area contributed by atoms with Crippen LogP contribution >= 0.6 is 11.3 Å². The van der Waals surface area contributed by atoms with E-state index in [2.05, 4.69) is 14.9 Å². The zero-order valence-electron chi connectivity index (χ0n) is 17.8. The summed E-state index contributed by atoms with van der Waals surface area (Å²) in [4.78, 5) is 17.8. The van der Waals surface area contributed by atoms with Crippen molar-refractivity contribution in [3.8, 4) is 11.4 Å². The molecule has 0 spiro atoms. The second kappa shape index (κ2) is 8.80. The van der Waals surface area contributed by atoms with Gasteiger partial charge in [0, 0.05) is 47.7 Å². The smallest absolute Gasteiger partial charge is 0.252 e. The summed E-state index contributed by atoms with van der Waals surface area (Å²) in [6.07, 6.45) is 7.38. The van der Waals surface area contributed by atoms with Gasteiger partial charge in [0.15, 0.2) is 0 Å². The molecule has 4 heterocycles. The lowest BCUT2D eigenvalue weighted by Crippen LogP contribution is -2.27. The molecule has 3 aromatic rings. The van der Waals surface area contributed by atoms with Gasteiger partial charge in [0.2, 0.25) is 5.91 Å². The molecule has 1 saturated heterocycles. The summed E-state index contributed by atoms with van der Waals surface area (Å²) in [5, 5.41) is 2.91. The van der Waals surface area contributed by atoms with Gasteiger partial charge in [0.05, 0.1) is 6.42 Å². The molecule has 0 saturated carbocycles. The second-order valence-corrected chi connectivity index (χ2v) is 11.6. The number of nitrogens with one attached hydrogen (secondary N) is 1. The molecule has 1 N–H and O–H groups in total. The molecule has 32 heavy (non-hydrogen) atoms. The van der Waals surface area contributed by atoms with Crippen LogP contribution in [0.3, 0.4) is 0 Å². The number of thiophene rings is 1. The molecular weight excluding hydrogens is 444 g/mol. The molecule has 0 bridgehead atoms. The van der Waals surface area contributed by atoms with Gasteiger partial charge in [-0.05, 0) is 68.5 Å². The number of benzene rings is 1. The first-order valence-corrected chi connectivity index (χ1v) is 13.3. The Morgan fingerprint density at radius 1 is 1.00 bits per heavy atom. The molecule has 0 aliphatic carbocycles. The lowest BCUT2D eigenvalue weighted by molar-refractivity contribution is -0.115. The van der Waals surface area contributed by atoms with E-state index in [4.69, 9.17) is 0 Å². The van der Waals surface area contributed by atoms with Gasteiger partial charge in [-0.25, -0.2) is 13.4 Å². The summed E-state index contributed by atoms with van der Waals surface area (Å²) in [6.45, 7) is 2.15. The van der Waals surface area contributed by atoms with E-state index in [0.29, 0.717) is 23.0 Å². The van der Waals surface area contributed by atoms with E-state index < -0.39 is 10.0 Å². The third-order valence-electron chi connectivity index (χ3n) is 6.06. The third-order valence-corrected chi connectivity index (χ3v) is 9.51. The van der Waals surface area contributed by atoms with Crippen LogP contribution in [0, 0.1) is 0 Å². The predicted octanol–water partition coefficient (Wildman–Crippen LogP) is 3.91. The third kappa shape index (κ3) is 4.24. The number of fused-ring (bicyclic) bond motifs is 1. The quantitative estimate of drug-likeness (QED) is 0.592. The van der Waals surface area contributed by atoms with Gasteiger partial charge >= 0.3 is 0 Å². The van der Waals surface area contributed by atoms with E-state index in [1.54, 1.807) is 12.1 Å². The summed E-state index contributed by atoms with van der Waals surface area (Å²) in [5.74, 6) is 0.811. The van der Waals surface area contributed by atoms with Crippen molar-refractivity contribution >= 4 is 33.0 Å². The van der Waals surface area contributed by atoms with Crippen LogP contribution in [0.4, 0.5) is 5.69 Å². The summed E-state index contributed by atoms with van der Waals surface area (Å²) < 4.78 is 29.5. The number of rotatable bonds is 6. The van der Waals surface area contributed by atoms with Crippen LogP contribution in [0.2, 0.25) is 0 Å². The highest BCUT2D eigenvalue weighted by molar-refractivity contribution is 7.91. The number of aryl methyl sites for hydroxylation is 1. The van der Waals surface area contributed by atoms with Crippen LogP contribution in [0.1, 0.15) is 36.3 Å². The van der Waals surface area contributed by atoms with E-state index in [1.165, 1.54) is 34.2 Å². The minimum Gasteiger partial charge on any atom is -0.328 e. The summed E-state index contributed by atoms with van der Waals surface area (Å²) in [5.41, 5.74) is 3.03. The lowest BCUT2D eigenvalue weighted by Gasteiger charge is -2.16. The Hall–Kier alpha value is -2.49. The van der Waals surface area contributed by atoms with Gasteiger partial charge < -0.3 is 9.88 Å². The fourth-order valence-electron chi connectivity index (χ4n) is 4.38. The predicted molar refractivity (Wildman–Crippen MR) is 125 cm³/mol. The fraction of sp³-hybridized carbons (Fsp3) is 0.391. The van der Waals surface area contributed by atoms with Gasteiger partial charge in [-0.1, -0.05) is 0 Å². The van der Waals surface area contributed by atoms with Gasteiger partial charge in [-0.15, -0.1) is 11.3 Å². The minimum atomic E-state index is -3.43. The zero-order valence-corrected chi connectivity index (χ0v) is 19.4. The number of nitrogens with zero attached hydrogens (tertiary/aromatic N) is 3. The van der Waals surface area contributed by atoms with Crippen molar-refractivity contribution in [3.05, 3.63) is 53.2 Å². The molecule has 0 atom stereocenters. The standard InChI is InChI=1S/C23H26N4O3S2/c28-21(15-20-10-11-22(31-20)32(29,30)26-12-3-4-13-26)25-18-8-6-17(7-9-18)23-24-16-19-5-1-2-14-27(19)23/h6-11,16H,1-5,12-15H2,(H,25,28). The van der Waals surface area contributed by atoms with Gasteiger partial charge in [-0.2, -0.15) is 4.31 Å². The van der Waals surface area contributed by atoms with E-state index in [1.807, 2.05) is 30.5 Å². The van der Waals surface area contributed by atoms with Crippen LogP contribution < -0.4 is 5.32 Å². The normalized spacial score (nSPS) is 16.8. The monoisotopic (exact) mass is 470 g/mol. The molecule has 5 rings (SSSR count). The number of carbonyl (C=O) groups excluding carboxylic acids is 1. The largest absolute Gasteiger partial charge is 0.328 e. The van der Waals surface area contributed by atoms with Gasteiger partial charge in [0.1, 0.15) is 10.0 Å². The Morgan fingerprint density at radius 2 is 1.75 bits per heavy atom.